The predicted octanol–water partition coefficient (Wildman–Crippen LogP) is 2.08. The van der Waals surface area contributed by atoms with Gasteiger partial charge in [-0.15, -0.1) is 0 Å². The predicted molar refractivity (Wildman–Crippen MR) is 87.0 cm³/mol. The summed E-state index contributed by atoms with van der Waals surface area (Å²) in [6.45, 7) is 2.65. The summed E-state index contributed by atoms with van der Waals surface area (Å²) in [6, 6.07) is 0.504. The SMILES string of the molecule is CN(C)CCN(C(=O)C1CCC(CN)CC1)C1CCCC1. The molecule has 0 saturated heterocycles. The van der Waals surface area contributed by atoms with Crippen LogP contribution in [0.2, 0.25) is 0 Å². The van der Waals surface area contributed by atoms with Gasteiger partial charge in [-0.3, -0.25) is 4.79 Å². The van der Waals surface area contributed by atoms with E-state index < -0.39 is 0 Å². The number of carbonyl (C=O) groups is 1. The highest BCUT2D eigenvalue weighted by Crippen LogP contribution is 2.32. The van der Waals surface area contributed by atoms with Gasteiger partial charge in [0.15, 0.2) is 0 Å². The molecule has 0 aromatic heterocycles. The van der Waals surface area contributed by atoms with Gasteiger partial charge < -0.3 is 15.5 Å². The van der Waals surface area contributed by atoms with Crippen molar-refractivity contribution in [2.45, 2.75) is 57.4 Å². The molecule has 0 atom stereocenters. The number of nitrogens with two attached hydrogens (primary N) is 1. The lowest BCUT2D eigenvalue weighted by molar-refractivity contribution is -0.139. The zero-order valence-electron chi connectivity index (χ0n) is 13.9. The van der Waals surface area contributed by atoms with E-state index in [1.807, 2.05) is 0 Å². The van der Waals surface area contributed by atoms with Gasteiger partial charge in [0.1, 0.15) is 0 Å². The molecule has 2 fully saturated rings. The minimum absolute atomic E-state index is 0.260. The summed E-state index contributed by atoms with van der Waals surface area (Å²) < 4.78 is 0. The van der Waals surface area contributed by atoms with E-state index in [-0.39, 0.29) is 5.92 Å². The molecule has 2 saturated carbocycles. The van der Waals surface area contributed by atoms with Crippen molar-refractivity contribution in [3.8, 4) is 0 Å². The second-order valence-electron chi connectivity index (χ2n) is 7.23. The fourth-order valence-electron chi connectivity index (χ4n) is 3.88. The molecule has 0 aromatic carbocycles. The highest BCUT2D eigenvalue weighted by Gasteiger charge is 2.33. The third-order valence-corrected chi connectivity index (χ3v) is 5.37. The maximum absolute atomic E-state index is 13.0. The minimum atomic E-state index is 0.260. The molecule has 0 bridgehead atoms. The van der Waals surface area contributed by atoms with Gasteiger partial charge in [-0.25, -0.2) is 0 Å². The summed E-state index contributed by atoms with van der Waals surface area (Å²) in [5.41, 5.74) is 5.76. The smallest absolute Gasteiger partial charge is 0.225 e. The van der Waals surface area contributed by atoms with Crippen LogP contribution in [0.15, 0.2) is 0 Å². The average molecular weight is 295 g/mol. The molecule has 2 aliphatic rings. The molecular weight excluding hydrogens is 262 g/mol. The summed E-state index contributed by atoms with van der Waals surface area (Å²) in [6.07, 6.45) is 9.36. The molecule has 122 valence electrons. The number of carbonyl (C=O) groups excluding carboxylic acids is 1. The van der Waals surface area contributed by atoms with Crippen LogP contribution in [0.25, 0.3) is 0 Å². The van der Waals surface area contributed by atoms with Crippen LogP contribution in [-0.2, 0) is 4.79 Å². The van der Waals surface area contributed by atoms with E-state index in [1.54, 1.807) is 0 Å². The van der Waals surface area contributed by atoms with Gasteiger partial charge in [-0.05, 0) is 65.1 Å². The summed E-state index contributed by atoms with van der Waals surface area (Å²) in [7, 11) is 4.17. The lowest BCUT2D eigenvalue weighted by Crippen LogP contribution is -2.46. The van der Waals surface area contributed by atoms with Crippen molar-refractivity contribution in [1.29, 1.82) is 0 Å². The highest BCUT2D eigenvalue weighted by molar-refractivity contribution is 5.79. The molecule has 4 heteroatoms. The minimum Gasteiger partial charge on any atom is -0.338 e. The molecular formula is C17H33N3O. The first-order valence-electron chi connectivity index (χ1n) is 8.77. The maximum atomic E-state index is 13.0. The molecule has 0 heterocycles. The van der Waals surface area contributed by atoms with E-state index in [4.69, 9.17) is 5.73 Å². The summed E-state index contributed by atoms with van der Waals surface area (Å²) in [4.78, 5) is 17.4. The van der Waals surface area contributed by atoms with Gasteiger partial charge in [-0.2, -0.15) is 0 Å². The van der Waals surface area contributed by atoms with E-state index in [1.165, 1.54) is 25.7 Å². The molecule has 0 aliphatic heterocycles. The van der Waals surface area contributed by atoms with Crippen LogP contribution in [-0.4, -0.2) is 55.5 Å². The van der Waals surface area contributed by atoms with Crippen molar-refractivity contribution in [2.75, 3.05) is 33.7 Å². The molecule has 0 spiro atoms. The van der Waals surface area contributed by atoms with Crippen LogP contribution < -0.4 is 5.73 Å². The first-order chi connectivity index (χ1) is 10.1. The Morgan fingerprint density at radius 3 is 2.14 bits per heavy atom. The van der Waals surface area contributed by atoms with Gasteiger partial charge in [0, 0.05) is 25.0 Å². The maximum Gasteiger partial charge on any atom is 0.225 e. The van der Waals surface area contributed by atoms with Crippen LogP contribution in [0.3, 0.4) is 0 Å². The zero-order valence-corrected chi connectivity index (χ0v) is 13.9. The number of rotatable bonds is 6. The van der Waals surface area contributed by atoms with Crippen molar-refractivity contribution < 1.29 is 4.79 Å². The Morgan fingerprint density at radius 2 is 1.62 bits per heavy atom. The largest absolute Gasteiger partial charge is 0.338 e. The van der Waals surface area contributed by atoms with Crippen LogP contribution in [0, 0.1) is 11.8 Å². The Hall–Kier alpha value is -0.610. The Bertz CT molecular complexity index is 318. The van der Waals surface area contributed by atoms with Gasteiger partial charge in [0.2, 0.25) is 5.91 Å². The van der Waals surface area contributed by atoms with E-state index in [2.05, 4.69) is 23.9 Å². The van der Waals surface area contributed by atoms with Gasteiger partial charge in [0.25, 0.3) is 0 Å². The average Bonchev–Trinajstić information content (AvgIpc) is 3.01. The van der Waals surface area contributed by atoms with Gasteiger partial charge >= 0.3 is 0 Å². The lowest BCUT2D eigenvalue weighted by Gasteiger charge is -2.35. The summed E-state index contributed by atoms with van der Waals surface area (Å²) >= 11 is 0. The number of hydrogen-bond donors (Lipinski definition) is 1. The zero-order chi connectivity index (χ0) is 15.2. The summed E-state index contributed by atoms with van der Waals surface area (Å²) in [5.74, 6) is 1.34. The molecule has 2 aliphatic carbocycles. The molecule has 4 nitrogen and oxygen atoms in total. The van der Waals surface area contributed by atoms with E-state index in [0.29, 0.717) is 17.9 Å². The molecule has 0 aromatic rings. The monoisotopic (exact) mass is 295 g/mol. The van der Waals surface area contributed by atoms with Crippen LogP contribution in [0.1, 0.15) is 51.4 Å². The van der Waals surface area contributed by atoms with Gasteiger partial charge in [-0.1, -0.05) is 12.8 Å². The Kier molecular flexibility index (Phi) is 6.49. The molecule has 2 rings (SSSR count). The molecule has 2 N–H and O–H groups in total. The van der Waals surface area contributed by atoms with Crippen LogP contribution in [0.5, 0.6) is 0 Å². The van der Waals surface area contributed by atoms with Crippen molar-refractivity contribution in [2.24, 2.45) is 17.6 Å². The Balaban J connectivity index is 1.93. The number of nitrogens with zero attached hydrogens (tertiary/aromatic N) is 2. The van der Waals surface area contributed by atoms with Crippen molar-refractivity contribution in [3.63, 3.8) is 0 Å². The van der Waals surface area contributed by atoms with E-state index in [0.717, 1.165) is 45.3 Å². The van der Waals surface area contributed by atoms with Gasteiger partial charge in [0.05, 0.1) is 0 Å². The fourth-order valence-corrected chi connectivity index (χ4v) is 3.88. The number of hydrogen-bond acceptors (Lipinski definition) is 3. The molecule has 0 radical (unpaired) electrons. The molecule has 1 amide bonds. The summed E-state index contributed by atoms with van der Waals surface area (Å²) in [5, 5.41) is 0. The first kappa shape index (κ1) is 16.8. The quantitative estimate of drug-likeness (QED) is 0.816. The van der Waals surface area contributed by atoms with Crippen molar-refractivity contribution in [3.05, 3.63) is 0 Å². The third kappa shape index (κ3) is 4.68. The van der Waals surface area contributed by atoms with Crippen molar-refractivity contribution in [1.82, 2.24) is 9.80 Å². The first-order valence-corrected chi connectivity index (χ1v) is 8.77. The second-order valence-corrected chi connectivity index (χ2v) is 7.23. The molecule has 21 heavy (non-hydrogen) atoms. The van der Waals surface area contributed by atoms with Crippen molar-refractivity contribution >= 4 is 5.91 Å². The second kappa shape index (κ2) is 8.14. The topological polar surface area (TPSA) is 49.6 Å². The normalized spacial score (nSPS) is 27.2. The van der Waals surface area contributed by atoms with E-state index in [9.17, 15) is 4.79 Å². The fraction of sp³-hybridized carbons (Fsp3) is 0.941. The number of amides is 1. The van der Waals surface area contributed by atoms with Crippen LogP contribution >= 0.6 is 0 Å². The van der Waals surface area contributed by atoms with E-state index >= 15 is 0 Å². The Labute approximate surface area is 130 Å². The molecule has 0 unspecified atom stereocenters. The number of likely N-dealkylation sites (N-methyl/N-ethyl adjacent to an activating group) is 1. The Morgan fingerprint density at radius 1 is 1.00 bits per heavy atom. The van der Waals surface area contributed by atoms with Crippen LogP contribution in [0.4, 0.5) is 0 Å². The standard InChI is InChI=1S/C17H33N3O/c1-19(2)11-12-20(16-5-3-4-6-16)17(21)15-9-7-14(13-18)8-10-15/h14-16H,3-13,18H2,1-2H3. The lowest BCUT2D eigenvalue weighted by atomic mass is 9.81. The highest BCUT2D eigenvalue weighted by atomic mass is 16.2. The third-order valence-electron chi connectivity index (χ3n) is 5.37.